The molecule has 2 atom stereocenters. The van der Waals surface area contributed by atoms with Crippen molar-refractivity contribution in [3.8, 4) is 0 Å². The molecule has 1 aromatic rings. The summed E-state index contributed by atoms with van der Waals surface area (Å²) in [5, 5.41) is 3.09. The minimum absolute atomic E-state index is 0.0475. The van der Waals surface area contributed by atoms with Crippen molar-refractivity contribution in [1.82, 2.24) is 15.1 Å². The van der Waals surface area contributed by atoms with Crippen molar-refractivity contribution in [3.05, 3.63) is 35.9 Å². The third-order valence-corrected chi connectivity index (χ3v) is 4.46. The first-order valence-electron chi connectivity index (χ1n) is 7.96. The second-order valence-electron chi connectivity index (χ2n) is 5.86. The number of nitrogens with zero attached hydrogens (tertiary/aromatic N) is 2. The molecule has 1 heterocycles. The third kappa shape index (κ3) is 4.21. The van der Waals surface area contributed by atoms with Gasteiger partial charge in [0.15, 0.2) is 0 Å². The van der Waals surface area contributed by atoms with Crippen molar-refractivity contribution in [2.45, 2.75) is 39.3 Å². The number of nitrogens with one attached hydrogen (secondary N) is 1. The zero-order valence-corrected chi connectivity index (χ0v) is 13.4. The molecule has 21 heavy (non-hydrogen) atoms. The monoisotopic (exact) mass is 289 g/mol. The Morgan fingerprint density at radius 2 is 1.76 bits per heavy atom. The maximum absolute atomic E-state index is 12.3. The summed E-state index contributed by atoms with van der Waals surface area (Å²) >= 11 is 0. The standard InChI is InChI=1S/C17H27N3O/c1-4-14(2)19-10-12-20(13-11-19)17(21)18-15(3)16-8-6-5-7-9-16/h5-9,14-15H,4,10-13H2,1-3H3,(H,18,21). The van der Waals surface area contributed by atoms with E-state index in [1.54, 1.807) is 0 Å². The van der Waals surface area contributed by atoms with Gasteiger partial charge >= 0.3 is 6.03 Å². The lowest BCUT2D eigenvalue weighted by molar-refractivity contribution is 0.111. The highest BCUT2D eigenvalue weighted by Crippen LogP contribution is 2.13. The smallest absolute Gasteiger partial charge is 0.317 e. The molecule has 116 valence electrons. The van der Waals surface area contributed by atoms with Gasteiger partial charge in [0.05, 0.1) is 6.04 Å². The van der Waals surface area contributed by atoms with Gasteiger partial charge in [-0.2, -0.15) is 0 Å². The first-order chi connectivity index (χ1) is 10.1. The van der Waals surface area contributed by atoms with Gasteiger partial charge in [0, 0.05) is 32.2 Å². The van der Waals surface area contributed by atoms with Crippen LogP contribution in [0.25, 0.3) is 0 Å². The van der Waals surface area contributed by atoms with Crippen LogP contribution in [-0.4, -0.2) is 48.1 Å². The van der Waals surface area contributed by atoms with Crippen molar-refractivity contribution in [1.29, 1.82) is 0 Å². The molecule has 1 fully saturated rings. The minimum atomic E-state index is 0.0475. The van der Waals surface area contributed by atoms with Gasteiger partial charge in [0.1, 0.15) is 0 Å². The quantitative estimate of drug-likeness (QED) is 0.925. The summed E-state index contributed by atoms with van der Waals surface area (Å²) in [4.78, 5) is 16.7. The van der Waals surface area contributed by atoms with Gasteiger partial charge in [-0.25, -0.2) is 4.79 Å². The van der Waals surface area contributed by atoms with Crippen molar-refractivity contribution >= 4 is 6.03 Å². The van der Waals surface area contributed by atoms with Gasteiger partial charge in [-0.3, -0.25) is 4.90 Å². The molecule has 2 unspecified atom stereocenters. The number of benzene rings is 1. The van der Waals surface area contributed by atoms with Crippen LogP contribution in [0.5, 0.6) is 0 Å². The zero-order valence-electron chi connectivity index (χ0n) is 13.4. The maximum Gasteiger partial charge on any atom is 0.317 e. The number of amides is 2. The largest absolute Gasteiger partial charge is 0.331 e. The average Bonchev–Trinajstić information content (AvgIpc) is 2.55. The summed E-state index contributed by atoms with van der Waals surface area (Å²) < 4.78 is 0. The Labute approximate surface area is 128 Å². The molecule has 0 radical (unpaired) electrons. The Morgan fingerprint density at radius 1 is 1.14 bits per heavy atom. The highest BCUT2D eigenvalue weighted by Gasteiger charge is 2.24. The highest BCUT2D eigenvalue weighted by molar-refractivity contribution is 5.74. The lowest BCUT2D eigenvalue weighted by atomic mass is 10.1. The fraction of sp³-hybridized carbons (Fsp3) is 0.588. The predicted octanol–water partition coefficient (Wildman–Crippen LogP) is 2.87. The Morgan fingerprint density at radius 3 is 2.33 bits per heavy atom. The van der Waals surface area contributed by atoms with Gasteiger partial charge in [-0.15, -0.1) is 0 Å². The topological polar surface area (TPSA) is 35.6 Å². The SMILES string of the molecule is CCC(C)N1CCN(C(=O)NC(C)c2ccccc2)CC1. The van der Waals surface area contributed by atoms with Gasteiger partial charge in [-0.1, -0.05) is 37.3 Å². The predicted molar refractivity (Wildman–Crippen MR) is 86.3 cm³/mol. The van der Waals surface area contributed by atoms with Crippen LogP contribution in [0.15, 0.2) is 30.3 Å². The van der Waals surface area contributed by atoms with E-state index in [2.05, 4.69) is 24.1 Å². The molecule has 0 aliphatic carbocycles. The summed E-state index contributed by atoms with van der Waals surface area (Å²) in [5.41, 5.74) is 1.14. The van der Waals surface area contributed by atoms with Crippen LogP contribution >= 0.6 is 0 Å². The molecule has 1 saturated heterocycles. The van der Waals surface area contributed by atoms with Crippen LogP contribution in [0, 0.1) is 0 Å². The third-order valence-electron chi connectivity index (χ3n) is 4.46. The molecule has 2 amide bonds. The Kier molecular flexibility index (Phi) is 5.62. The molecular formula is C17H27N3O. The highest BCUT2D eigenvalue weighted by atomic mass is 16.2. The van der Waals surface area contributed by atoms with Crippen LogP contribution in [0.1, 0.15) is 38.8 Å². The molecule has 1 N–H and O–H groups in total. The molecule has 4 nitrogen and oxygen atoms in total. The second-order valence-corrected chi connectivity index (χ2v) is 5.86. The number of urea groups is 1. The van der Waals surface area contributed by atoms with Gasteiger partial charge in [0.2, 0.25) is 0 Å². The van der Waals surface area contributed by atoms with Crippen LogP contribution in [-0.2, 0) is 0 Å². The van der Waals surface area contributed by atoms with Crippen molar-refractivity contribution in [2.24, 2.45) is 0 Å². The van der Waals surface area contributed by atoms with E-state index in [-0.39, 0.29) is 12.1 Å². The lowest BCUT2D eigenvalue weighted by Gasteiger charge is -2.38. The molecular weight excluding hydrogens is 262 g/mol. The van der Waals surface area contributed by atoms with E-state index in [9.17, 15) is 4.79 Å². The summed E-state index contributed by atoms with van der Waals surface area (Å²) in [6, 6.07) is 10.8. The fourth-order valence-electron chi connectivity index (χ4n) is 2.73. The van der Waals surface area contributed by atoms with Crippen molar-refractivity contribution in [2.75, 3.05) is 26.2 Å². The Hall–Kier alpha value is -1.55. The molecule has 1 aliphatic heterocycles. The number of hydrogen-bond acceptors (Lipinski definition) is 2. The Bertz CT molecular complexity index is 441. The van der Waals surface area contributed by atoms with Crippen LogP contribution < -0.4 is 5.32 Å². The molecule has 4 heteroatoms. The van der Waals surface area contributed by atoms with Crippen molar-refractivity contribution in [3.63, 3.8) is 0 Å². The number of piperazine rings is 1. The molecule has 1 aliphatic rings. The fourth-order valence-corrected chi connectivity index (χ4v) is 2.73. The van der Waals surface area contributed by atoms with E-state index < -0.39 is 0 Å². The number of carbonyl (C=O) groups excluding carboxylic acids is 1. The lowest BCUT2D eigenvalue weighted by Crippen LogP contribution is -2.53. The van der Waals surface area contributed by atoms with E-state index in [1.807, 2.05) is 42.2 Å². The maximum atomic E-state index is 12.3. The molecule has 0 spiro atoms. The number of carbonyl (C=O) groups is 1. The van der Waals surface area contributed by atoms with E-state index in [1.165, 1.54) is 0 Å². The van der Waals surface area contributed by atoms with E-state index in [0.717, 1.165) is 38.2 Å². The summed E-state index contributed by atoms with van der Waals surface area (Å²) in [6.45, 7) is 10.1. The van der Waals surface area contributed by atoms with Crippen LogP contribution in [0.2, 0.25) is 0 Å². The molecule has 0 bridgehead atoms. The van der Waals surface area contributed by atoms with Gasteiger partial charge in [-0.05, 0) is 25.8 Å². The first-order valence-corrected chi connectivity index (χ1v) is 7.96. The molecule has 1 aromatic carbocycles. The molecule has 0 saturated carbocycles. The van der Waals surface area contributed by atoms with Gasteiger partial charge < -0.3 is 10.2 Å². The summed E-state index contributed by atoms with van der Waals surface area (Å²) in [7, 11) is 0. The van der Waals surface area contributed by atoms with Crippen LogP contribution in [0.4, 0.5) is 4.79 Å². The van der Waals surface area contributed by atoms with E-state index >= 15 is 0 Å². The second kappa shape index (κ2) is 7.46. The first kappa shape index (κ1) is 15.8. The normalized spacial score (nSPS) is 19.1. The van der Waals surface area contributed by atoms with E-state index in [4.69, 9.17) is 0 Å². The van der Waals surface area contributed by atoms with E-state index in [0.29, 0.717) is 6.04 Å². The Balaban J connectivity index is 1.82. The average molecular weight is 289 g/mol. The zero-order chi connectivity index (χ0) is 15.2. The van der Waals surface area contributed by atoms with Crippen LogP contribution in [0.3, 0.4) is 0 Å². The van der Waals surface area contributed by atoms with Gasteiger partial charge in [0.25, 0.3) is 0 Å². The van der Waals surface area contributed by atoms with Crippen molar-refractivity contribution < 1.29 is 4.79 Å². The number of hydrogen-bond donors (Lipinski definition) is 1. The number of rotatable bonds is 4. The molecule has 0 aromatic heterocycles. The summed E-state index contributed by atoms with van der Waals surface area (Å²) in [5.74, 6) is 0. The minimum Gasteiger partial charge on any atom is -0.331 e. The molecule has 2 rings (SSSR count). The summed E-state index contributed by atoms with van der Waals surface area (Å²) in [6.07, 6.45) is 1.16.